The number of hydrogen-bond acceptors (Lipinski definition) is 9. The van der Waals surface area contributed by atoms with Gasteiger partial charge in [-0.15, -0.1) is 10.2 Å². The van der Waals surface area contributed by atoms with Crippen molar-refractivity contribution < 1.29 is 27.0 Å². The van der Waals surface area contributed by atoms with E-state index in [2.05, 4.69) is 10.2 Å². The highest BCUT2D eigenvalue weighted by Gasteiger charge is 2.28. The predicted octanol–water partition coefficient (Wildman–Crippen LogP) is 2.90. The molecule has 5 rings (SSSR count). The molecule has 32 heavy (non-hydrogen) atoms. The molecule has 1 fully saturated rings. The molecule has 3 heterocycles. The van der Waals surface area contributed by atoms with Crippen LogP contribution in [-0.2, 0) is 20.5 Å². The van der Waals surface area contributed by atoms with Crippen molar-refractivity contribution in [3.8, 4) is 11.5 Å². The van der Waals surface area contributed by atoms with Gasteiger partial charge in [0.2, 0.25) is 16.1 Å². The standard InChI is InChI=1S/C21H21N3O6S2/c25-32(26,24-8-10-27-11-9-24)16-5-3-4-15(12-16)14-31-21-23-22-20(30-21)19-13-28-17-6-1-2-7-18(17)29-19/h1-7,12,19H,8-11,13-14H2. The zero-order valence-electron chi connectivity index (χ0n) is 17.0. The van der Waals surface area contributed by atoms with Gasteiger partial charge in [-0.3, -0.25) is 0 Å². The van der Waals surface area contributed by atoms with Crippen LogP contribution in [0.5, 0.6) is 11.5 Å². The number of nitrogens with zero attached hydrogens (tertiary/aromatic N) is 3. The summed E-state index contributed by atoms with van der Waals surface area (Å²) in [6.45, 7) is 1.84. The number of sulfonamides is 1. The molecule has 168 valence electrons. The number of hydrogen-bond donors (Lipinski definition) is 0. The van der Waals surface area contributed by atoms with E-state index in [0.29, 0.717) is 54.7 Å². The first kappa shape index (κ1) is 21.3. The van der Waals surface area contributed by atoms with Gasteiger partial charge in [-0.1, -0.05) is 36.0 Å². The van der Waals surface area contributed by atoms with Crippen LogP contribution in [0.25, 0.3) is 0 Å². The van der Waals surface area contributed by atoms with Gasteiger partial charge in [0.25, 0.3) is 11.1 Å². The lowest BCUT2D eigenvalue weighted by atomic mass is 10.2. The number of benzene rings is 2. The summed E-state index contributed by atoms with van der Waals surface area (Å²) >= 11 is 1.33. The molecule has 0 bridgehead atoms. The second-order valence-electron chi connectivity index (χ2n) is 7.22. The fraction of sp³-hybridized carbons (Fsp3) is 0.333. The van der Waals surface area contributed by atoms with E-state index in [1.807, 2.05) is 30.3 Å². The van der Waals surface area contributed by atoms with Gasteiger partial charge in [0.05, 0.1) is 18.1 Å². The van der Waals surface area contributed by atoms with E-state index in [1.165, 1.54) is 16.1 Å². The summed E-state index contributed by atoms with van der Waals surface area (Å²) in [4.78, 5) is 0.273. The van der Waals surface area contributed by atoms with Crippen LogP contribution in [0, 0.1) is 0 Å². The largest absolute Gasteiger partial charge is 0.485 e. The lowest BCUT2D eigenvalue weighted by Crippen LogP contribution is -2.40. The summed E-state index contributed by atoms with van der Waals surface area (Å²) < 4.78 is 49.8. The molecule has 0 amide bonds. The molecular weight excluding hydrogens is 454 g/mol. The molecule has 2 aliphatic rings. The van der Waals surface area contributed by atoms with Crippen LogP contribution in [0.3, 0.4) is 0 Å². The molecule has 0 radical (unpaired) electrons. The van der Waals surface area contributed by atoms with Crippen molar-refractivity contribution in [1.82, 2.24) is 14.5 Å². The maximum Gasteiger partial charge on any atom is 0.277 e. The van der Waals surface area contributed by atoms with Crippen LogP contribution in [0.15, 0.2) is 63.1 Å². The Hall–Kier alpha value is -2.60. The van der Waals surface area contributed by atoms with E-state index in [-0.39, 0.29) is 11.5 Å². The van der Waals surface area contributed by atoms with Crippen molar-refractivity contribution in [2.45, 2.75) is 22.0 Å². The molecule has 1 aromatic heterocycles. The molecule has 0 N–H and O–H groups in total. The SMILES string of the molecule is O=S(=O)(c1cccc(CSc2nnc(C3COc4ccccc4O3)o2)c1)N1CCOCC1. The summed E-state index contributed by atoms with van der Waals surface area (Å²) in [7, 11) is -3.54. The first-order valence-electron chi connectivity index (χ1n) is 10.1. The quantitative estimate of drug-likeness (QED) is 0.498. The number of aromatic nitrogens is 2. The summed E-state index contributed by atoms with van der Waals surface area (Å²) in [5.74, 6) is 2.14. The fourth-order valence-corrected chi connectivity index (χ4v) is 5.62. The van der Waals surface area contributed by atoms with Gasteiger partial charge in [-0.25, -0.2) is 8.42 Å². The maximum atomic E-state index is 12.9. The van der Waals surface area contributed by atoms with E-state index in [0.717, 1.165) is 5.56 Å². The number of ether oxygens (including phenoxy) is 3. The summed E-state index contributed by atoms with van der Waals surface area (Å²) in [6.07, 6.45) is -0.478. The number of morpholine rings is 1. The smallest absolute Gasteiger partial charge is 0.277 e. The van der Waals surface area contributed by atoms with Crippen molar-refractivity contribution >= 4 is 21.8 Å². The summed E-state index contributed by atoms with van der Waals surface area (Å²) in [5.41, 5.74) is 0.843. The van der Waals surface area contributed by atoms with Crippen molar-refractivity contribution in [3.05, 3.63) is 60.0 Å². The van der Waals surface area contributed by atoms with E-state index >= 15 is 0 Å². The first-order chi connectivity index (χ1) is 15.6. The van der Waals surface area contributed by atoms with Gasteiger partial charge in [-0.2, -0.15) is 4.31 Å². The normalized spacial score (nSPS) is 19.1. The monoisotopic (exact) mass is 475 g/mol. The third-order valence-corrected chi connectivity index (χ3v) is 7.86. The van der Waals surface area contributed by atoms with Crippen molar-refractivity contribution in [2.24, 2.45) is 0 Å². The van der Waals surface area contributed by atoms with Crippen molar-refractivity contribution in [3.63, 3.8) is 0 Å². The molecule has 2 aromatic carbocycles. The maximum absolute atomic E-state index is 12.9. The molecule has 1 atom stereocenters. The highest BCUT2D eigenvalue weighted by atomic mass is 32.2. The van der Waals surface area contributed by atoms with Crippen LogP contribution in [-0.4, -0.2) is 55.8 Å². The minimum absolute atomic E-state index is 0.273. The zero-order valence-corrected chi connectivity index (χ0v) is 18.7. The average molecular weight is 476 g/mol. The summed E-state index contributed by atoms with van der Waals surface area (Å²) in [5, 5.41) is 8.54. The number of rotatable bonds is 6. The number of para-hydroxylation sites is 2. The van der Waals surface area contributed by atoms with Crippen LogP contribution in [0.4, 0.5) is 0 Å². The Morgan fingerprint density at radius 3 is 2.69 bits per heavy atom. The minimum atomic E-state index is -3.54. The molecule has 1 saturated heterocycles. The topological polar surface area (TPSA) is 104 Å². The molecule has 1 unspecified atom stereocenters. The lowest BCUT2D eigenvalue weighted by Gasteiger charge is -2.26. The van der Waals surface area contributed by atoms with Crippen molar-refractivity contribution in [1.29, 1.82) is 0 Å². The highest BCUT2D eigenvalue weighted by molar-refractivity contribution is 7.98. The second-order valence-corrected chi connectivity index (χ2v) is 10.1. The molecule has 9 nitrogen and oxygen atoms in total. The zero-order chi connectivity index (χ0) is 22.0. The Morgan fingerprint density at radius 2 is 1.84 bits per heavy atom. The Labute approximate surface area is 189 Å². The number of fused-ring (bicyclic) bond motifs is 1. The second kappa shape index (κ2) is 9.10. The molecule has 3 aromatic rings. The average Bonchev–Trinajstić information content (AvgIpc) is 3.32. The Bertz CT molecular complexity index is 1190. The minimum Gasteiger partial charge on any atom is -0.485 e. The Balaban J connectivity index is 1.23. The van der Waals surface area contributed by atoms with Crippen molar-refractivity contribution in [2.75, 3.05) is 32.9 Å². The van der Waals surface area contributed by atoms with Gasteiger partial charge in [0, 0.05) is 18.8 Å². The van der Waals surface area contributed by atoms with E-state index in [1.54, 1.807) is 18.2 Å². The van der Waals surface area contributed by atoms with Crippen LogP contribution < -0.4 is 9.47 Å². The van der Waals surface area contributed by atoms with Crippen LogP contribution in [0.2, 0.25) is 0 Å². The molecule has 2 aliphatic heterocycles. The fourth-order valence-electron chi connectivity index (χ4n) is 3.43. The van der Waals surface area contributed by atoms with E-state index < -0.39 is 16.1 Å². The molecule has 0 saturated carbocycles. The molecule has 11 heteroatoms. The Morgan fingerprint density at radius 1 is 1.03 bits per heavy atom. The lowest BCUT2D eigenvalue weighted by molar-refractivity contribution is 0.0686. The van der Waals surface area contributed by atoms with Gasteiger partial charge in [0.15, 0.2) is 11.5 Å². The summed E-state index contributed by atoms with van der Waals surface area (Å²) in [6, 6.07) is 14.3. The van der Waals surface area contributed by atoms with Gasteiger partial charge in [-0.05, 0) is 29.8 Å². The third kappa shape index (κ3) is 4.46. The molecule has 0 spiro atoms. The number of thioether (sulfide) groups is 1. The molecular formula is C21H21N3O6S2. The van der Waals surface area contributed by atoms with Gasteiger partial charge < -0.3 is 18.6 Å². The molecule has 0 aliphatic carbocycles. The van der Waals surface area contributed by atoms with E-state index in [4.69, 9.17) is 18.6 Å². The highest BCUT2D eigenvalue weighted by Crippen LogP contribution is 2.36. The van der Waals surface area contributed by atoms with E-state index in [9.17, 15) is 8.42 Å². The van der Waals surface area contributed by atoms with Crippen LogP contribution >= 0.6 is 11.8 Å². The predicted molar refractivity (Wildman–Crippen MR) is 115 cm³/mol. The Kier molecular flexibility index (Phi) is 6.05. The first-order valence-corrected chi connectivity index (χ1v) is 12.5. The van der Waals surface area contributed by atoms with Gasteiger partial charge in [0.1, 0.15) is 6.61 Å². The third-order valence-electron chi connectivity index (χ3n) is 5.07. The van der Waals surface area contributed by atoms with Gasteiger partial charge >= 0.3 is 0 Å². The van der Waals surface area contributed by atoms with Crippen LogP contribution in [0.1, 0.15) is 17.6 Å².